The summed E-state index contributed by atoms with van der Waals surface area (Å²) in [5.74, 6) is 0.00544. The first kappa shape index (κ1) is 17.8. The molecule has 0 aliphatic carbocycles. The fourth-order valence-electron chi connectivity index (χ4n) is 2.13. The first-order valence-electron chi connectivity index (χ1n) is 7.56. The number of benzene rings is 2. The molecule has 23 heavy (non-hydrogen) atoms. The second-order valence-corrected chi connectivity index (χ2v) is 6.24. The highest BCUT2D eigenvalue weighted by Crippen LogP contribution is 2.21. The van der Waals surface area contributed by atoms with Crippen molar-refractivity contribution in [2.45, 2.75) is 19.8 Å². The van der Waals surface area contributed by atoms with Gasteiger partial charge in [-0.15, -0.1) is 0 Å². The third-order valence-electron chi connectivity index (χ3n) is 3.45. The van der Waals surface area contributed by atoms with Gasteiger partial charge in [-0.05, 0) is 49.7 Å². The van der Waals surface area contributed by atoms with Gasteiger partial charge < -0.3 is 10.6 Å². The first-order valence-corrected chi connectivity index (χ1v) is 8.31. The van der Waals surface area contributed by atoms with E-state index in [2.05, 4.69) is 10.6 Å². The Morgan fingerprint density at radius 2 is 1.78 bits per heavy atom. The molecule has 0 aliphatic rings. The summed E-state index contributed by atoms with van der Waals surface area (Å²) in [4.78, 5) is 11.8. The Labute approximate surface area is 147 Å². The van der Waals surface area contributed by atoms with E-state index in [1.54, 1.807) is 6.07 Å². The number of amides is 1. The monoisotopic (exact) mass is 350 g/mol. The maximum atomic E-state index is 11.8. The zero-order valence-corrected chi connectivity index (χ0v) is 14.5. The summed E-state index contributed by atoms with van der Waals surface area (Å²) in [5, 5.41) is 7.44. The smallest absolute Gasteiger partial charge is 0.225 e. The van der Waals surface area contributed by atoms with Crippen molar-refractivity contribution in [2.24, 2.45) is 0 Å². The van der Waals surface area contributed by atoms with Crippen LogP contribution in [0.1, 0.15) is 17.5 Å². The van der Waals surface area contributed by atoms with Crippen LogP contribution in [0.3, 0.4) is 0 Å². The van der Waals surface area contributed by atoms with Gasteiger partial charge in [-0.2, -0.15) is 0 Å². The molecule has 0 saturated heterocycles. The molecule has 0 unspecified atom stereocenters. The molecule has 3 nitrogen and oxygen atoms in total. The summed E-state index contributed by atoms with van der Waals surface area (Å²) in [5.41, 5.74) is 3.05. The number of aryl methyl sites for hydroxylation is 1. The van der Waals surface area contributed by atoms with Crippen LogP contribution < -0.4 is 10.6 Å². The Morgan fingerprint density at radius 3 is 2.48 bits per heavy atom. The van der Waals surface area contributed by atoms with Crippen molar-refractivity contribution in [2.75, 3.05) is 18.4 Å². The summed E-state index contributed by atoms with van der Waals surface area (Å²) >= 11 is 12.0. The van der Waals surface area contributed by atoms with Crippen LogP contribution >= 0.6 is 23.2 Å². The summed E-state index contributed by atoms with van der Waals surface area (Å²) in [6.45, 7) is 3.41. The van der Waals surface area contributed by atoms with Gasteiger partial charge in [0.05, 0.1) is 0 Å². The van der Waals surface area contributed by atoms with Crippen molar-refractivity contribution >= 4 is 34.8 Å². The third-order valence-corrected chi connectivity index (χ3v) is 4.04. The van der Waals surface area contributed by atoms with Gasteiger partial charge in [0.2, 0.25) is 5.91 Å². The number of halogens is 2. The Balaban J connectivity index is 1.65. The average molecular weight is 351 g/mol. The number of nitrogens with one attached hydrogen (secondary N) is 2. The minimum Gasteiger partial charge on any atom is -0.326 e. The highest BCUT2D eigenvalue weighted by molar-refractivity contribution is 6.35. The SMILES string of the molecule is Cc1ccc(NC(=O)CCNCCc2ccc(Cl)cc2Cl)cc1. The maximum absolute atomic E-state index is 11.8. The van der Waals surface area contributed by atoms with Crippen LogP contribution in [-0.4, -0.2) is 19.0 Å². The molecule has 0 atom stereocenters. The molecular formula is C18H20Cl2N2O. The second kappa shape index (κ2) is 8.92. The van der Waals surface area contributed by atoms with Gasteiger partial charge in [-0.3, -0.25) is 4.79 Å². The van der Waals surface area contributed by atoms with Gasteiger partial charge in [-0.25, -0.2) is 0 Å². The van der Waals surface area contributed by atoms with Crippen molar-refractivity contribution in [1.82, 2.24) is 5.32 Å². The van der Waals surface area contributed by atoms with Gasteiger partial charge in [0, 0.05) is 28.7 Å². The van der Waals surface area contributed by atoms with Crippen molar-refractivity contribution in [3.63, 3.8) is 0 Å². The number of anilines is 1. The molecule has 2 aromatic rings. The van der Waals surface area contributed by atoms with E-state index in [1.165, 1.54) is 5.56 Å². The largest absolute Gasteiger partial charge is 0.326 e. The molecule has 2 rings (SSSR count). The summed E-state index contributed by atoms with van der Waals surface area (Å²) in [7, 11) is 0. The van der Waals surface area contributed by atoms with E-state index in [1.807, 2.05) is 43.3 Å². The predicted molar refractivity (Wildman–Crippen MR) is 97.5 cm³/mol. The standard InChI is InChI=1S/C18H20Cl2N2O/c1-13-2-6-16(7-3-13)22-18(23)9-11-21-10-8-14-4-5-15(19)12-17(14)20/h2-7,12,21H,8-11H2,1H3,(H,22,23). The predicted octanol–water partition coefficient (Wildman–Crippen LogP) is 4.46. The highest BCUT2D eigenvalue weighted by Gasteiger charge is 2.03. The Morgan fingerprint density at radius 1 is 1.04 bits per heavy atom. The normalized spacial score (nSPS) is 10.6. The lowest BCUT2D eigenvalue weighted by molar-refractivity contribution is -0.116. The third kappa shape index (κ3) is 6.22. The quantitative estimate of drug-likeness (QED) is 0.723. The van der Waals surface area contributed by atoms with Crippen LogP contribution in [0.5, 0.6) is 0 Å². The molecule has 0 bridgehead atoms. The first-order chi connectivity index (χ1) is 11.0. The van der Waals surface area contributed by atoms with Crippen molar-refractivity contribution in [3.8, 4) is 0 Å². The van der Waals surface area contributed by atoms with E-state index in [0.717, 1.165) is 24.2 Å². The molecule has 0 aliphatic heterocycles. The van der Waals surface area contributed by atoms with E-state index in [4.69, 9.17) is 23.2 Å². The van der Waals surface area contributed by atoms with E-state index in [9.17, 15) is 4.79 Å². The second-order valence-electron chi connectivity index (χ2n) is 5.40. The Kier molecular flexibility index (Phi) is 6.90. The molecule has 122 valence electrons. The van der Waals surface area contributed by atoms with Gasteiger partial charge in [0.15, 0.2) is 0 Å². The van der Waals surface area contributed by atoms with E-state index in [0.29, 0.717) is 23.0 Å². The summed E-state index contributed by atoms with van der Waals surface area (Å²) in [6, 6.07) is 13.3. The molecule has 2 N–H and O–H groups in total. The zero-order chi connectivity index (χ0) is 16.7. The summed E-state index contributed by atoms with van der Waals surface area (Å²) in [6.07, 6.45) is 1.23. The highest BCUT2D eigenvalue weighted by atomic mass is 35.5. The lowest BCUT2D eigenvalue weighted by Crippen LogP contribution is -2.23. The molecule has 0 saturated carbocycles. The molecular weight excluding hydrogens is 331 g/mol. The maximum Gasteiger partial charge on any atom is 0.225 e. The minimum absolute atomic E-state index is 0.00544. The molecule has 0 fully saturated rings. The number of hydrogen-bond donors (Lipinski definition) is 2. The van der Waals surface area contributed by atoms with Gasteiger partial charge >= 0.3 is 0 Å². The van der Waals surface area contributed by atoms with Crippen LogP contribution in [0.25, 0.3) is 0 Å². The lowest BCUT2D eigenvalue weighted by Gasteiger charge is -2.08. The van der Waals surface area contributed by atoms with Crippen LogP contribution in [0.15, 0.2) is 42.5 Å². The number of carbonyl (C=O) groups is 1. The van der Waals surface area contributed by atoms with Crippen molar-refractivity contribution in [3.05, 3.63) is 63.6 Å². The van der Waals surface area contributed by atoms with Gasteiger partial charge in [0.1, 0.15) is 0 Å². The van der Waals surface area contributed by atoms with Crippen LogP contribution in [0.2, 0.25) is 10.0 Å². The topological polar surface area (TPSA) is 41.1 Å². The summed E-state index contributed by atoms with van der Waals surface area (Å²) < 4.78 is 0. The average Bonchev–Trinajstić information content (AvgIpc) is 2.51. The zero-order valence-electron chi connectivity index (χ0n) is 13.0. The Bertz CT molecular complexity index is 657. The van der Waals surface area contributed by atoms with Crippen LogP contribution in [-0.2, 0) is 11.2 Å². The molecule has 5 heteroatoms. The molecule has 0 aromatic heterocycles. The minimum atomic E-state index is 0.00544. The van der Waals surface area contributed by atoms with E-state index < -0.39 is 0 Å². The van der Waals surface area contributed by atoms with E-state index >= 15 is 0 Å². The fourth-order valence-corrected chi connectivity index (χ4v) is 2.64. The molecule has 1 amide bonds. The number of carbonyl (C=O) groups excluding carboxylic acids is 1. The fraction of sp³-hybridized carbons (Fsp3) is 0.278. The molecule has 0 radical (unpaired) electrons. The van der Waals surface area contributed by atoms with E-state index in [-0.39, 0.29) is 5.91 Å². The van der Waals surface area contributed by atoms with Crippen LogP contribution in [0.4, 0.5) is 5.69 Å². The molecule has 0 heterocycles. The van der Waals surface area contributed by atoms with Crippen molar-refractivity contribution < 1.29 is 4.79 Å². The lowest BCUT2D eigenvalue weighted by atomic mass is 10.1. The van der Waals surface area contributed by atoms with Crippen LogP contribution in [0, 0.1) is 6.92 Å². The molecule has 2 aromatic carbocycles. The van der Waals surface area contributed by atoms with Crippen molar-refractivity contribution in [1.29, 1.82) is 0 Å². The van der Waals surface area contributed by atoms with Gasteiger partial charge in [-0.1, -0.05) is 47.0 Å². The van der Waals surface area contributed by atoms with Gasteiger partial charge in [0.25, 0.3) is 0 Å². The number of rotatable bonds is 7. The molecule has 0 spiro atoms. The number of hydrogen-bond acceptors (Lipinski definition) is 2. The Hall–Kier alpha value is -1.55.